The lowest BCUT2D eigenvalue weighted by molar-refractivity contribution is -0.117. The van der Waals surface area contributed by atoms with Crippen molar-refractivity contribution in [2.24, 2.45) is 0 Å². The van der Waals surface area contributed by atoms with Gasteiger partial charge in [-0.1, -0.05) is 78.9 Å². The zero-order valence-electron chi connectivity index (χ0n) is 21.6. The van der Waals surface area contributed by atoms with Crippen molar-refractivity contribution >= 4 is 28.2 Å². The fourth-order valence-corrected chi connectivity index (χ4v) is 5.18. The van der Waals surface area contributed by atoms with E-state index in [4.69, 9.17) is 4.74 Å². The number of ether oxygens (including phenoxy) is 1. The molecular formula is C29H32N6O2S. The van der Waals surface area contributed by atoms with Crippen molar-refractivity contribution in [3.8, 4) is 0 Å². The first kappa shape index (κ1) is 25.9. The molecule has 196 valence electrons. The van der Waals surface area contributed by atoms with Gasteiger partial charge >= 0.3 is 0 Å². The molecule has 1 fully saturated rings. The van der Waals surface area contributed by atoms with E-state index in [0.29, 0.717) is 11.7 Å². The molecule has 1 aliphatic rings. The smallest absolute Gasteiger partial charge is 0.232 e. The molecule has 4 aromatic rings. The van der Waals surface area contributed by atoms with Crippen LogP contribution in [0.1, 0.15) is 60.4 Å². The topological polar surface area (TPSA) is 105 Å². The highest BCUT2D eigenvalue weighted by Gasteiger charge is 2.44. The number of nitrogens with one attached hydrogen (secondary N) is 2. The summed E-state index contributed by atoms with van der Waals surface area (Å²) < 4.78 is 5.85. The van der Waals surface area contributed by atoms with Gasteiger partial charge in [0.15, 0.2) is 12.0 Å². The molecule has 1 amide bonds. The molecule has 0 saturated carbocycles. The van der Waals surface area contributed by atoms with Gasteiger partial charge in [-0.05, 0) is 49.4 Å². The minimum atomic E-state index is -0.259. The van der Waals surface area contributed by atoms with E-state index in [9.17, 15) is 4.79 Å². The van der Waals surface area contributed by atoms with Crippen LogP contribution in [0.15, 0.2) is 72.8 Å². The second-order valence-electron chi connectivity index (χ2n) is 9.60. The largest absolute Gasteiger partial charge is 0.347 e. The molecule has 1 saturated heterocycles. The van der Waals surface area contributed by atoms with Gasteiger partial charge in [0.1, 0.15) is 11.1 Å². The molecule has 3 heterocycles. The van der Waals surface area contributed by atoms with Crippen LogP contribution in [-0.2, 0) is 22.4 Å². The highest BCUT2D eigenvalue weighted by molar-refractivity contribution is 7.15. The summed E-state index contributed by atoms with van der Waals surface area (Å²) >= 11 is 1.58. The number of anilines is 2. The Labute approximate surface area is 226 Å². The summed E-state index contributed by atoms with van der Waals surface area (Å²) in [6, 6.07) is 23.8. The fraction of sp³-hybridized carbons (Fsp3) is 0.345. The average molecular weight is 529 g/mol. The Balaban J connectivity index is 1.01. The van der Waals surface area contributed by atoms with E-state index in [1.54, 1.807) is 11.3 Å². The Morgan fingerprint density at radius 2 is 1.58 bits per heavy atom. The minimum Gasteiger partial charge on any atom is -0.347 e. The van der Waals surface area contributed by atoms with Gasteiger partial charge in [-0.2, -0.15) is 5.10 Å². The maximum atomic E-state index is 12.5. The van der Waals surface area contributed by atoms with Crippen molar-refractivity contribution in [1.82, 2.24) is 20.4 Å². The summed E-state index contributed by atoms with van der Waals surface area (Å²) in [5.74, 6) is 0.436. The van der Waals surface area contributed by atoms with Gasteiger partial charge in [-0.3, -0.25) is 4.79 Å². The molecule has 4 unspecified atom stereocenters. The normalized spacial score (nSPS) is 17.9. The van der Waals surface area contributed by atoms with Crippen LogP contribution in [0.25, 0.3) is 0 Å². The first-order valence-electron chi connectivity index (χ1n) is 13.0. The molecule has 0 bridgehead atoms. The Morgan fingerprint density at radius 1 is 0.868 bits per heavy atom. The zero-order chi connectivity index (χ0) is 26.3. The van der Waals surface area contributed by atoms with Crippen molar-refractivity contribution < 1.29 is 9.53 Å². The first-order chi connectivity index (χ1) is 18.6. The minimum absolute atomic E-state index is 0.0149. The Kier molecular flexibility index (Phi) is 8.35. The number of carbonyl (C=O) groups is 1. The molecule has 2 aromatic heterocycles. The molecule has 0 spiro atoms. The van der Waals surface area contributed by atoms with Gasteiger partial charge in [0, 0.05) is 12.3 Å². The van der Waals surface area contributed by atoms with E-state index in [1.165, 1.54) is 5.56 Å². The molecule has 38 heavy (non-hydrogen) atoms. The Hall–Kier alpha value is -3.69. The van der Waals surface area contributed by atoms with Crippen LogP contribution in [-0.4, -0.2) is 38.6 Å². The molecule has 2 N–H and O–H groups in total. The molecule has 9 heteroatoms. The number of aromatic nitrogens is 4. The zero-order valence-corrected chi connectivity index (χ0v) is 22.4. The van der Waals surface area contributed by atoms with Gasteiger partial charge in [0.25, 0.3) is 0 Å². The van der Waals surface area contributed by atoms with Crippen LogP contribution < -0.4 is 10.6 Å². The lowest BCUT2D eigenvalue weighted by Crippen LogP contribution is -2.19. The number of aryl methyl sites for hydroxylation is 2. The predicted octanol–water partition coefficient (Wildman–Crippen LogP) is 5.58. The first-order valence-corrected chi connectivity index (χ1v) is 13.9. The predicted molar refractivity (Wildman–Crippen MR) is 149 cm³/mol. The van der Waals surface area contributed by atoms with E-state index in [-0.39, 0.29) is 24.2 Å². The number of benzene rings is 2. The number of carbonyl (C=O) groups excluding carboxylic acids is 1. The lowest BCUT2D eigenvalue weighted by Gasteiger charge is -2.11. The van der Waals surface area contributed by atoms with Crippen molar-refractivity contribution in [3.05, 3.63) is 94.6 Å². The molecule has 4 atom stereocenters. The number of epoxide rings is 1. The molecule has 1 aliphatic heterocycles. The summed E-state index contributed by atoms with van der Waals surface area (Å²) in [5.41, 5.74) is 3.15. The molecule has 5 rings (SSSR count). The summed E-state index contributed by atoms with van der Waals surface area (Å²) in [4.78, 5) is 12.5. The second-order valence-corrected chi connectivity index (χ2v) is 10.7. The molecule has 0 radical (unpaired) electrons. The fourth-order valence-electron chi connectivity index (χ4n) is 4.37. The maximum absolute atomic E-state index is 12.5. The maximum Gasteiger partial charge on any atom is 0.232 e. The van der Waals surface area contributed by atoms with Crippen LogP contribution in [0.4, 0.5) is 10.9 Å². The molecule has 2 aromatic carbocycles. The average Bonchev–Trinajstić information content (AvgIpc) is 3.58. The summed E-state index contributed by atoms with van der Waals surface area (Å²) in [6.07, 6.45) is 3.78. The van der Waals surface area contributed by atoms with Crippen molar-refractivity contribution in [3.63, 3.8) is 0 Å². The molecular weight excluding hydrogens is 496 g/mol. The highest BCUT2D eigenvalue weighted by atomic mass is 32.1. The highest BCUT2D eigenvalue weighted by Crippen LogP contribution is 2.36. The third kappa shape index (κ3) is 6.79. The van der Waals surface area contributed by atoms with Crippen LogP contribution in [0.2, 0.25) is 0 Å². The number of rotatable bonds is 12. The standard InChI is InChI=1S/C29H32N6O2S/c1-19(21-11-5-3-6-12-21)26-28(37-26)31-29-35-34-25(38-29)16-10-9-15-23-17-18-24(33-32-23)30-27(36)20(2)22-13-7-4-8-14-22/h3-8,11-14,17-20,26,28H,9-10,15-16H2,1-2H3,(H,31,35)(H,30,33,36). The number of hydrogen-bond donors (Lipinski definition) is 2. The van der Waals surface area contributed by atoms with Crippen molar-refractivity contribution in [2.75, 3.05) is 10.6 Å². The number of hydrogen-bond acceptors (Lipinski definition) is 8. The van der Waals surface area contributed by atoms with Gasteiger partial charge in [-0.25, -0.2) is 0 Å². The van der Waals surface area contributed by atoms with Crippen LogP contribution in [0.5, 0.6) is 0 Å². The van der Waals surface area contributed by atoms with E-state index < -0.39 is 0 Å². The quantitative estimate of drug-likeness (QED) is 0.183. The SMILES string of the molecule is CC(C(=O)Nc1ccc(CCCCc2nnc(NC3OC3C(C)c3ccccc3)s2)nn1)c1ccccc1. The number of nitrogens with zero attached hydrogens (tertiary/aromatic N) is 4. The summed E-state index contributed by atoms with van der Waals surface area (Å²) in [5, 5.41) is 25.1. The van der Waals surface area contributed by atoms with Crippen molar-refractivity contribution in [1.29, 1.82) is 0 Å². The van der Waals surface area contributed by atoms with E-state index in [0.717, 1.165) is 47.1 Å². The monoisotopic (exact) mass is 528 g/mol. The van der Waals surface area contributed by atoms with Crippen molar-refractivity contribution in [2.45, 2.75) is 63.7 Å². The van der Waals surface area contributed by atoms with E-state index in [2.05, 4.69) is 62.2 Å². The second kappa shape index (κ2) is 12.2. The Morgan fingerprint density at radius 3 is 2.29 bits per heavy atom. The van der Waals surface area contributed by atoms with E-state index >= 15 is 0 Å². The number of unbranched alkanes of at least 4 members (excludes halogenated alkanes) is 1. The van der Waals surface area contributed by atoms with Crippen LogP contribution in [0, 0.1) is 0 Å². The molecule has 8 nitrogen and oxygen atoms in total. The van der Waals surface area contributed by atoms with Gasteiger partial charge in [0.05, 0.1) is 11.6 Å². The van der Waals surface area contributed by atoms with Crippen LogP contribution >= 0.6 is 11.3 Å². The Bertz CT molecular complexity index is 1320. The third-order valence-corrected chi connectivity index (χ3v) is 7.73. The van der Waals surface area contributed by atoms with Gasteiger partial charge < -0.3 is 15.4 Å². The summed E-state index contributed by atoms with van der Waals surface area (Å²) in [7, 11) is 0. The number of amides is 1. The van der Waals surface area contributed by atoms with E-state index in [1.807, 2.05) is 55.5 Å². The van der Waals surface area contributed by atoms with Gasteiger partial charge in [0.2, 0.25) is 11.0 Å². The van der Waals surface area contributed by atoms with Crippen LogP contribution in [0.3, 0.4) is 0 Å². The third-order valence-electron chi connectivity index (χ3n) is 6.81. The van der Waals surface area contributed by atoms with Gasteiger partial charge in [-0.15, -0.1) is 15.3 Å². The molecule has 0 aliphatic carbocycles. The lowest BCUT2D eigenvalue weighted by atomic mass is 9.98. The summed E-state index contributed by atoms with van der Waals surface area (Å²) in [6.45, 7) is 4.07.